The van der Waals surface area contributed by atoms with Crippen LogP contribution in [-0.4, -0.2) is 46.0 Å². The Kier molecular flexibility index (Phi) is 4.79. The molecule has 0 saturated carbocycles. The Labute approximate surface area is 140 Å². The summed E-state index contributed by atoms with van der Waals surface area (Å²) in [5.74, 6) is -0.127. The van der Waals surface area contributed by atoms with Crippen LogP contribution in [0.4, 0.5) is 0 Å². The normalized spacial score (nSPS) is 17.5. The number of benzene rings is 1. The molecule has 0 bridgehead atoms. The first-order valence-electron chi connectivity index (χ1n) is 7.91. The van der Waals surface area contributed by atoms with E-state index in [1.165, 1.54) is 0 Å². The Morgan fingerprint density at radius 3 is 3.00 bits per heavy atom. The van der Waals surface area contributed by atoms with Gasteiger partial charge in [-0.05, 0) is 31.0 Å². The van der Waals surface area contributed by atoms with Crippen LogP contribution in [0.3, 0.4) is 0 Å². The summed E-state index contributed by atoms with van der Waals surface area (Å²) in [4.78, 5) is 29.5. The van der Waals surface area contributed by atoms with Gasteiger partial charge in [-0.15, -0.1) is 0 Å². The number of nitrogens with zero attached hydrogens (tertiary/aromatic N) is 3. The number of aromatic nitrogens is 2. The number of hydrogen-bond donors (Lipinski definition) is 1. The molecule has 0 spiro atoms. The number of rotatable bonds is 5. The van der Waals surface area contributed by atoms with Gasteiger partial charge >= 0.3 is 0 Å². The molecule has 1 fully saturated rings. The predicted octanol–water partition coefficient (Wildman–Crippen LogP) is 1.22. The number of likely N-dealkylation sites (tertiary alicyclic amines) is 1. The van der Waals surface area contributed by atoms with E-state index in [2.05, 4.69) is 4.98 Å². The molecular formula is C17H20N4O3. The van der Waals surface area contributed by atoms with E-state index in [4.69, 9.17) is 10.5 Å². The van der Waals surface area contributed by atoms with E-state index in [1.54, 1.807) is 36.8 Å². The van der Waals surface area contributed by atoms with Crippen LogP contribution < -0.4 is 10.5 Å². The third kappa shape index (κ3) is 3.73. The van der Waals surface area contributed by atoms with E-state index in [0.29, 0.717) is 17.9 Å². The van der Waals surface area contributed by atoms with Gasteiger partial charge in [0.05, 0.1) is 12.4 Å². The Bertz CT molecular complexity index is 714. The summed E-state index contributed by atoms with van der Waals surface area (Å²) in [7, 11) is 0. The van der Waals surface area contributed by atoms with E-state index in [0.717, 1.165) is 19.4 Å². The van der Waals surface area contributed by atoms with Gasteiger partial charge in [-0.2, -0.15) is 0 Å². The number of amides is 2. The Morgan fingerprint density at radius 2 is 2.25 bits per heavy atom. The number of nitrogens with two attached hydrogens (primary N) is 1. The first-order chi connectivity index (χ1) is 11.6. The van der Waals surface area contributed by atoms with Gasteiger partial charge in [0, 0.05) is 31.0 Å². The molecule has 0 unspecified atom stereocenters. The SMILES string of the molecule is NC(=O)COc1cccc(C(=O)N2CCC[C@H](n3ccnc3)C2)c1. The predicted molar refractivity (Wildman–Crippen MR) is 87.5 cm³/mol. The molecule has 1 aromatic heterocycles. The van der Waals surface area contributed by atoms with Crippen LogP contribution in [0.2, 0.25) is 0 Å². The van der Waals surface area contributed by atoms with Crippen LogP contribution in [0.25, 0.3) is 0 Å². The van der Waals surface area contributed by atoms with Crippen molar-refractivity contribution >= 4 is 11.8 Å². The van der Waals surface area contributed by atoms with Gasteiger partial charge in [0.15, 0.2) is 6.61 Å². The van der Waals surface area contributed by atoms with Crippen molar-refractivity contribution in [2.75, 3.05) is 19.7 Å². The van der Waals surface area contributed by atoms with Crippen molar-refractivity contribution in [1.29, 1.82) is 0 Å². The number of carbonyl (C=O) groups excluding carboxylic acids is 2. The topological polar surface area (TPSA) is 90.5 Å². The van der Waals surface area contributed by atoms with Crippen molar-refractivity contribution in [3.63, 3.8) is 0 Å². The second-order valence-electron chi connectivity index (χ2n) is 5.84. The van der Waals surface area contributed by atoms with Crippen molar-refractivity contribution in [2.24, 2.45) is 5.73 Å². The fraction of sp³-hybridized carbons (Fsp3) is 0.353. The Balaban J connectivity index is 1.69. The molecule has 2 amide bonds. The molecule has 1 aliphatic rings. The van der Waals surface area contributed by atoms with Crippen LogP contribution in [0.15, 0.2) is 43.0 Å². The molecule has 2 aromatic rings. The molecule has 2 heterocycles. The van der Waals surface area contributed by atoms with Crippen LogP contribution >= 0.6 is 0 Å². The number of ether oxygens (including phenoxy) is 1. The third-order valence-electron chi connectivity index (χ3n) is 4.09. The number of carbonyl (C=O) groups is 2. The number of hydrogen-bond acceptors (Lipinski definition) is 4. The zero-order valence-corrected chi connectivity index (χ0v) is 13.3. The zero-order chi connectivity index (χ0) is 16.9. The second-order valence-corrected chi connectivity index (χ2v) is 5.84. The van der Waals surface area contributed by atoms with Gasteiger partial charge in [0.2, 0.25) is 0 Å². The molecule has 7 heteroatoms. The summed E-state index contributed by atoms with van der Waals surface area (Å²) in [5, 5.41) is 0. The molecule has 1 atom stereocenters. The molecule has 3 rings (SSSR count). The molecule has 1 saturated heterocycles. The number of imidazole rings is 1. The van der Waals surface area contributed by atoms with Crippen molar-refractivity contribution in [1.82, 2.24) is 14.5 Å². The summed E-state index contributed by atoms with van der Waals surface area (Å²) in [6, 6.07) is 7.08. The maximum atomic E-state index is 12.8. The van der Waals surface area contributed by atoms with Crippen molar-refractivity contribution < 1.29 is 14.3 Å². The molecule has 0 radical (unpaired) electrons. The van der Waals surface area contributed by atoms with Gasteiger partial charge in [0.1, 0.15) is 5.75 Å². The highest BCUT2D eigenvalue weighted by atomic mass is 16.5. The maximum absolute atomic E-state index is 12.8. The molecule has 0 aliphatic carbocycles. The summed E-state index contributed by atoms with van der Waals surface area (Å²) in [6.07, 6.45) is 7.45. The largest absolute Gasteiger partial charge is 0.484 e. The molecule has 7 nitrogen and oxygen atoms in total. The first-order valence-corrected chi connectivity index (χ1v) is 7.91. The summed E-state index contributed by atoms with van der Waals surface area (Å²) >= 11 is 0. The lowest BCUT2D eigenvalue weighted by atomic mass is 10.0. The third-order valence-corrected chi connectivity index (χ3v) is 4.09. The lowest BCUT2D eigenvalue weighted by Crippen LogP contribution is -2.40. The molecule has 126 valence electrons. The zero-order valence-electron chi connectivity index (χ0n) is 13.3. The highest BCUT2D eigenvalue weighted by Gasteiger charge is 2.25. The van der Waals surface area contributed by atoms with Gasteiger partial charge < -0.3 is 19.9 Å². The van der Waals surface area contributed by atoms with Crippen molar-refractivity contribution in [3.8, 4) is 5.75 Å². The lowest BCUT2D eigenvalue weighted by molar-refractivity contribution is -0.119. The average molecular weight is 328 g/mol. The smallest absolute Gasteiger partial charge is 0.255 e. The van der Waals surface area contributed by atoms with E-state index in [1.807, 2.05) is 15.7 Å². The molecular weight excluding hydrogens is 308 g/mol. The van der Waals surface area contributed by atoms with Crippen molar-refractivity contribution in [3.05, 3.63) is 48.5 Å². The highest BCUT2D eigenvalue weighted by Crippen LogP contribution is 2.23. The Morgan fingerprint density at radius 1 is 1.38 bits per heavy atom. The quantitative estimate of drug-likeness (QED) is 0.893. The van der Waals surface area contributed by atoms with Crippen molar-refractivity contribution in [2.45, 2.75) is 18.9 Å². The minimum Gasteiger partial charge on any atom is -0.484 e. The summed E-state index contributed by atoms with van der Waals surface area (Å²) < 4.78 is 7.32. The molecule has 1 aromatic carbocycles. The van der Waals surface area contributed by atoms with Crippen LogP contribution in [-0.2, 0) is 4.79 Å². The fourth-order valence-corrected chi connectivity index (χ4v) is 2.92. The Hall–Kier alpha value is -2.83. The van der Waals surface area contributed by atoms with Crippen LogP contribution in [0, 0.1) is 0 Å². The number of primary amides is 1. The lowest BCUT2D eigenvalue weighted by Gasteiger charge is -2.33. The van der Waals surface area contributed by atoms with Gasteiger partial charge in [0.25, 0.3) is 11.8 Å². The van der Waals surface area contributed by atoms with E-state index >= 15 is 0 Å². The van der Waals surface area contributed by atoms with Gasteiger partial charge in [-0.1, -0.05) is 6.07 Å². The monoisotopic (exact) mass is 328 g/mol. The minimum atomic E-state index is -0.550. The van der Waals surface area contributed by atoms with E-state index < -0.39 is 5.91 Å². The van der Waals surface area contributed by atoms with E-state index in [-0.39, 0.29) is 18.6 Å². The number of piperidine rings is 1. The van der Waals surface area contributed by atoms with Crippen LogP contribution in [0.5, 0.6) is 5.75 Å². The highest BCUT2D eigenvalue weighted by molar-refractivity contribution is 5.94. The van der Waals surface area contributed by atoms with E-state index in [9.17, 15) is 9.59 Å². The first kappa shape index (κ1) is 16.0. The molecule has 2 N–H and O–H groups in total. The fourth-order valence-electron chi connectivity index (χ4n) is 2.92. The van der Waals surface area contributed by atoms with Gasteiger partial charge in [-0.25, -0.2) is 4.98 Å². The summed E-state index contributed by atoms with van der Waals surface area (Å²) in [5.41, 5.74) is 5.61. The van der Waals surface area contributed by atoms with Crippen LogP contribution in [0.1, 0.15) is 29.2 Å². The molecule has 1 aliphatic heterocycles. The molecule has 24 heavy (non-hydrogen) atoms. The standard InChI is InChI=1S/C17H20N4O3/c18-16(22)11-24-15-5-1-3-13(9-15)17(23)20-7-2-4-14(10-20)21-8-6-19-12-21/h1,3,5-6,8-9,12,14H,2,4,7,10-11H2,(H2,18,22)/t14-/m0/s1. The second kappa shape index (κ2) is 7.16. The summed E-state index contributed by atoms with van der Waals surface area (Å²) in [6.45, 7) is 1.18. The average Bonchev–Trinajstić information content (AvgIpc) is 3.14. The van der Waals surface area contributed by atoms with Gasteiger partial charge in [-0.3, -0.25) is 9.59 Å². The minimum absolute atomic E-state index is 0.0376. The maximum Gasteiger partial charge on any atom is 0.255 e.